The second-order valence-corrected chi connectivity index (χ2v) is 5.29. The van der Waals surface area contributed by atoms with E-state index in [9.17, 15) is 0 Å². The minimum Gasteiger partial charge on any atom is -0.496 e. The van der Waals surface area contributed by atoms with Crippen molar-refractivity contribution >= 4 is 0 Å². The Morgan fingerprint density at radius 1 is 1.20 bits per heavy atom. The summed E-state index contributed by atoms with van der Waals surface area (Å²) in [5, 5.41) is 3.60. The predicted octanol–water partition coefficient (Wildman–Crippen LogP) is 3.78. The molecule has 0 aliphatic rings. The lowest BCUT2D eigenvalue weighted by atomic mass is 9.94. The SMILES string of the molecule is CCCNC(c1c(C)cc(C)cc1OC)C(C)OCC. The number of rotatable bonds is 8. The number of hydrogen-bond donors (Lipinski definition) is 1. The van der Waals surface area contributed by atoms with Crippen molar-refractivity contribution in [2.75, 3.05) is 20.3 Å². The van der Waals surface area contributed by atoms with Crippen molar-refractivity contribution in [3.05, 3.63) is 28.8 Å². The Kier molecular flexibility index (Phi) is 7.03. The molecule has 3 nitrogen and oxygen atoms in total. The molecule has 0 bridgehead atoms. The summed E-state index contributed by atoms with van der Waals surface area (Å²) >= 11 is 0. The van der Waals surface area contributed by atoms with Crippen LogP contribution in [0.2, 0.25) is 0 Å². The Hall–Kier alpha value is -1.06. The van der Waals surface area contributed by atoms with Crippen molar-refractivity contribution in [3.63, 3.8) is 0 Å². The van der Waals surface area contributed by atoms with Crippen molar-refractivity contribution in [2.24, 2.45) is 0 Å². The Bertz CT molecular complexity index is 418. The van der Waals surface area contributed by atoms with Gasteiger partial charge in [-0.3, -0.25) is 0 Å². The molecule has 3 heteroatoms. The standard InChI is InChI=1S/C17H29NO2/c1-7-9-18-17(14(5)20-8-2)16-13(4)10-12(3)11-15(16)19-6/h10-11,14,17-18H,7-9H2,1-6H3. The molecule has 2 unspecified atom stereocenters. The normalized spacial score (nSPS) is 14.1. The lowest BCUT2D eigenvalue weighted by molar-refractivity contribution is 0.0464. The zero-order valence-electron chi connectivity index (χ0n) is 13.7. The summed E-state index contributed by atoms with van der Waals surface area (Å²) in [6.45, 7) is 12.3. The van der Waals surface area contributed by atoms with Crippen LogP contribution in [0.1, 0.15) is 49.9 Å². The quantitative estimate of drug-likeness (QED) is 0.785. The predicted molar refractivity (Wildman–Crippen MR) is 84.6 cm³/mol. The summed E-state index contributed by atoms with van der Waals surface area (Å²) in [6.07, 6.45) is 1.21. The molecule has 1 aromatic carbocycles. The van der Waals surface area contributed by atoms with E-state index in [2.05, 4.69) is 45.1 Å². The van der Waals surface area contributed by atoms with Gasteiger partial charge in [0.2, 0.25) is 0 Å². The van der Waals surface area contributed by atoms with Crippen LogP contribution in [0, 0.1) is 13.8 Å². The van der Waals surface area contributed by atoms with Crippen molar-refractivity contribution in [2.45, 2.75) is 53.2 Å². The molecule has 0 aromatic heterocycles. The van der Waals surface area contributed by atoms with Gasteiger partial charge in [-0.1, -0.05) is 13.0 Å². The highest BCUT2D eigenvalue weighted by Crippen LogP contribution is 2.32. The third kappa shape index (κ3) is 4.22. The summed E-state index contributed by atoms with van der Waals surface area (Å²) in [5.74, 6) is 0.947. The monoisotopic (exact) mass is 279 g/mol. The van der Waals surface area contributed by atoms with Gasteiger partial charge in [-0.15, -0.1) is 0 Å². The molecule has 1 N–H and O–H groups in total. The summed E-state index contributed by atoms with van der Waals surface area (Å²) in [5.41, 5.74) is 3.69. The number of benzene rings is 1. The molecule has 2 atom stereocenters. The van der Waals surface area contributed by atoms with E-state index >= 15 is 0 Å². The van der Waals surface area contributed by atoms with Gasteiger partial charge in [-0.05, 0) is 57.9 Å². The van der Waals surface area contributed by atoms with E-state index in [0.29, 0.717) is 0 Å². The molecule has 0 spiro atoms. The summed E-state index contributed by atoms with van der Waals surface area (Å²) in [7, 11) is 1.74. The van der Waals surface area contributed by atoms with Gasteiger partial charge in [0.15, 0.2) is 0 Å². The van der Waals surface area contributed by atoms with E-state index < -0.39 is 0 Å². The molecule has 114 valence electrons. The molecule has 0 fully saturated rings. The first-order valence-electron chi connectivity index (χ1n) is 7.55. The molecule has 1 rings (SSSR count). The molecule has 0 aliphatic carbocycles. The number of ether oxygens (including phenoxy) is 2. The molecule has 0 saturated heterocycles. The second-order valence-electron chi connectivity index (χ2n) is 5.29. The fourth-order valence-corrected chi connectivity index (χ4v) is 2.67. The maximum absolute atomic E-state index is 5.82. The van der Waals surface area contributed by atoms with E-state index in [1.807, 2.05) is 6.92 Å². The van der Waals surface area contributed by atoms with Crippen LogP contribution in [-0.2, 0) is 4.74 Å². The molecule has 0 heterocycles. The van der Waals surface area contributed by atoms with Crippen LogP contribution in [0.15, 0.2) is 12.1 Å². The molecular weight excluding hydrogens is 250 g/mol. The van der Waals surface area contributed by atoms with Crippen molar-refractivity contribution < 1.29 is 9.47 Å². The fourth-order valence-electron chi connectivity index (χ4n) is 2.67. The molecule has 0 amide bonds. The minimum absolute atomic E-state index is 0.113. The van der Waals surface area contributed by atoms with Gasteiger partial charge in [0.25, 0.3) is 0 Å². The van der Waals surface area contributed by atoms with Gasteiger partial charge in [-0.2, -0.15) is 0 Å². The molecule has 20 heavy (non-hydrogen) atoms. The van der Waals surface area contributed by atoms with Crippen LogP contribution in [0.3, 0.4) is 0 Å². The van der Waals surface area contributed by atoms with Gasteiger partial charge in [-0.25, -0.2) is 0 Å². The summed E-state index contributed by atoms with van der Waals surface area (Å²) in [6, 6.07) is 4.46. The Morgan fingerprint density at radius 3 is 2.45 bits per heavy atom. The van der Waals surface area contributed by atoms with E-state index in [-0.39, 0.29) is 12.1 Å². The zero-order valence-corrected chi connectivity index (χ0v) is 13.7. The Morgan fingerprint density at radius 2 is 1.90 bits per heavy atom. The second kappa shape index (κ2) is 8.28. The third-order valence-corrected chi connectivity index (χ3v) is 3.54. The maximum Gasteiger partial charge on any atom is 0.124 e. The van der Waals surface area contributed by atoms with Crippen LogP contribution in [0.5, 0.6) is 5.75 Å². The lowest BCUT2D eigenvalue weighted by Gasteiger charge is -2.28. The van der Waals surface area contributed by atoms with Crippen molar-refractivity contribution in [1.29, 1.82) is 0 Å². The lowest BCUT2D eigenvalue weighted by Crippen LogP contribution is -2.33. The molecule has 0 saturated carbocycles. The highest BCUT2D eigenvalue weighted by Gasteiger charge is 2.24. The topological polar surface area (TPSA) is 30.5 Å². The van der Waals surface area contributed by atoms with Crippen LogP contribution in [-0.4, -0.2) is 26.4 Å². The number of methoxy groups -OCH3 is 1. The smallest absolute Gasteiger partial charge is 0.124 e. The van der Waals surface area contributed by atoms with E-state index in [0.717, 1.165) is 25.3 Å². The van der Waals surface area contributed by atoms with Gasteiger partial charge >= 0.3 is 0 Å². The first-order valence-corrected chi connectivity index (χ1v) is 7.55. The van der Waals surface area contributed by atoms with Gasteiger partial charge < -0.3 is 14.8 Å². The minimum atomic E-state index is 0.113. The number of aryl methyl sites for hydroxylation is 2. The summed E-state index contributed by atoms with van der Waals surface area (Å²) < 4.78 is 11.4. The third-order valence-electron chi connectivity index (χ3n) is 3.54. The molecule has 0 radical (unpaired) electrons. The first kappa shape index (κ1) is 17.0. The highest BCUT2D eigenvalue weighted by molar-refractivity contribution is 5.45. The van der Waals surface area contributed by atoms with Crippen LogP contribution < -0.4 is 10.1 Å². The average molecular weight is 279 g/mol. The Balaban J connectivity index is 3.17. The van der Waals surface area contributed by atoms with Crippen molar-refractivity contribution in [1.82, 2.24) is 5.32 Å². The van der Waals surface area contributed by atoms with Crippen LogP contribution in [0.4, 0.5) is 0 Å². The zero-order chi connectivity index (χ0) is 15.1. The molecule has 1 aromatic rings. The number of nitrogens with one attached hydrogen (secondary N) is 1. The van der Waals surface area contributed by atoms with Crippen molar-refractivity contribution in [3.8, 4) is 5.75 Å². The van der Waals surface area contributed by atoms with Crippen LogP contribution in [0.25, 0.3) is 0 Å². The van der Waals surface area contributed by atoms with E-state index in [4.69, 9.17) is 9.47 Å². The fraction of sp³-hybridized carbons (Fsp3) is 0.647. The largest absolute Gasteiger partial charge is 0.496 e. The van der Waals surface area contributed by atoms with Gasteiger partial charge in [0, 0.05) is 12.2 Å². The average Bonchev–Trinajstić information content (AvgIpc) is 2.40. The number of hydrogen-bond acceptors (Lipinski definition) is 3. The first-order chi connectivity index (χ1) is 9.54. The molecular formula is C17H29NO2. The van der Waals surface area contributed by atoms with E-state index in [1.54, 1.807) is 7.11 Å². The Labute approximate surface area is 123 Å². The maximum atomic E-state index is 5.82. The highest BCUT2D eigenvalue weighted by atomic mass is 16.5. The van der Waals surface area contributed by atoms with Crippen LogP contribution >= 0.6 is 0 Å². The van der Waals surface area contributed by atoms with E-state index in [1.165, 1.54) is 16.7 Å². The molecule has 0 aliphatic heterocycles. The van der Waals surface area contributed by atoms with Gasteiger partial charge in [0.1, 0.15) is 5.75 Å². The van der Waals surface area contributed by atoms with Gasteiger partial charge in [0.05, 0.1) is 19.3 Å². The summed E-state index contributed by atoms with van der Waals surface area (Å²) in [4.78, 5) is 0.